The summed E-state index contributed by atoms with van der Waals surface area (Å²) in [6, 6.07) is 0.637. The first-order valence-electron chi connectivity index (χ1n) is 3.59. The zero-order chi connectivity index (χ0) is 12.5. The van der Waals surface area contributed by atoms with E-state index in [-0.39, 0.29) is 9.39 Å². The summed E-state index contributed by atoms with van der Waals surface area (Å²) in [5.74, 6) is -0.922. The molecule has 1 rings (SSSR count). The van der Waals surface area contributed by atoms with Crippen molar-refractivity contribution in [1.29, 1.82) is 0 Å². The summed E-state index contributed by atoms with van der Waals surface area (Å²) in [5.41, 5.74) is -1.38. The van der Waals surface area contributed by atoms with Gasteiger partial charge in [0.1, 0.15) is 9.39 Å². The Morgan fingerprint density at radius 2 is 2.06 bits per heavy atom. The second-order valence-corrected chi connectivity index (χ2v) is 3.93. The van der Waals surface area contributed by atoms with Crippen LogP contribution in [0.2, 0.25) is 0 Å². The highest BCUT2D eigenvalue weighted by atomic mass is 127. The van der Waals surface area contributed by atoms with Gasteiger partial charge in [-0.15, -0.1) is 13.2 Å². The van der Waals surface area contributed by atoms with E-state index in [4.69, 9.17) is 11.6 Å². The fourth-order valence-corrected chi connectivity index (χ4v) is 1.60. The zero-order valence-corrected chi connectivity index (χ0v) is 10.1. The second-order valence-electron chi connectivity index (χ2n) is 2.51. The SMILES string of the molecule is O=C(Cl)c1cc(=O)c(OC(F)(F)F)c(I)[nH]1. The Morgan fingerprint density at radius 1 is 1.50 bits per heavy atom. The first kappa shape index (κ1) is 13.3. The van der Waals surface area contributed by atoms with Crippen LogP contribution in [0.25, 0.3) is 0 Å². The molecule has 1 aromatic heterocycles. The van der Waals surface area contributed by atoms with Gasteiger partial charge in [-0.05, 0) is 34.2 Å². The Hall–Kier alpha value is -0.770. The van der Waals surface area contributed by atoms with Crippen LogP contribution in [0.3, 0.4) is 0 Å². The van der Waals surface area contributed by atoms with Crippen molar-refractivity contribution in [2.45, 2.75) is 6.36 Å². The van der Waals surface area contributed by atoms with E-state index in [0.29, 0.717) is 6.07 Å². The molecule has 1 heterocycles. The van der Waals surface area contributed by atoms with Gasteiger partial charge >= 0.3 is 6.36 Å². The number of rotatable bonds is 2. The van der Waals surface area contributed by atoms with Crippen molar-refractivity contribution in [1.82, 2.24) is 4.98 Å². The lowest BCUT2D eigenvalue weighted by molar-refractivity contribution is -0.275. The van der Waals surface area contributed by atoms with Crippen LogP contribution in [0.4, 0.5) is 13.2 Å². The molecule has 0 saturated carbocycles. The maximum absolute atomic E-state index is 11.9. The van der Waals surface area contributed by atoms with E-state index in [2.05, 4.69) is 9.72 Å². The molecule has 0 unspecified atom stereocenters. The molecule has 0 saturated heterocycles. The van der Waals surface area contributed by atoms with Crippen LogP contribution < -0.4 is 10.2 Å². The van der Waals surface area contributed by atoms with Crippen LogP contribution in [0.1, 0.15) is 10.5 Å². The number of aromatic nitrogens is 1. The van der Waals surface area contributed by atoms with Gasteiger partial charge in [0.15, 0.2) is 0 Å². The highest BCUT2D eigenvalue weighted by Gasteiger charge is 2.33. The van der Waals surface area contributed by atoms with E-state index in [9.17, 15) is 22.8 Å². The third-order valence-electron chi connectivity index (χ3n) is 1.37. The molecule has 0 radical (unpaired) electrons. The molecule has 0 bridgehead atoms. The lowest BCUT2D eigenvalue weighted by atomic mass is 10.3. The minimum atomic E-state index is -4.97. The van der Waals surface area contributed by atoms with Gasteiger partial charge < -0.3 is 9.72 Å². The fourth-order valence-electron chi connectivity index (χ4n) is 0.833. The Balaban J connectivity index is 3.24. The second kappa shape index (κ2) is 4.62. The predicted molar refractivity (Wildman–Crippen MR) is 56.6 cm³/mol. The molecule has 0 aliphatic heterocycles. The van der Waals surface area contributed by atoms with Crippen molar-refractivity contribution >= 4 is 39.4 Å². The molecule has 4 nitrogen and oxygen atoms in total. The summed E-state index contributed by atoms with van der Waals surface area (Å²) in [7, 11) is 0. The van der Waals surface area contributed by atoms with Gasteiger partial charge in [0, 0.05) is 6.07 Å². The van der Waals surface area contributed by atoms with Crippen LogP contribution in [-0.2, 0) is 0 Å². The van der Waals surface area contributed by atoms with Gasteiger partial charge in [-0.3, -0.25) is 9.59 Å². The third kappa shape index (κ3) is 3.37. The quantitative estimate of drug-likeness (QED) is 0.496. The molecule has 88 valence electrons. The summed E-state index contributed by atoms with van der Waals surface area (Å²) >= 11 is 6.45. The van der Waals surface area contributed by atoms with Crippen LogP contribution in [0, 0.1) is 3.70 Å². The lowest BCUT2D eigenvalue weighted by Crippen LogP contribution is -2.23. The minimum Gasteiger partial charge on any atom is -0.399 e. The number of halogens is 5. The average molecular weight is 367 g/mol. The van der Waals surface area contributed by atoms with Crippen LogP contribution in [0.5, 0.6) is 5.75 Å². The van der Waals surface area contributed by atoms with Crippen molar-refractivity contribution in [3.05, 3.63) is 25.7 Å². The molecule has 0 aliphatic carbocycles. The third-order valence-corrected chi connectivity index (χ3v) is 2.34. The number of hydrogen-bond acceptors (Lipinski definition) is 3. The molecule has 1 N–H and O–H groups in total. The molecule has 0 aliphatic rings. The van der Waals surface area contributed by atoms with Gasteiger partial charge in [0.25, 0.3) is 5.24 Å². The molecule has 9 heteroatoms. The van der Waals surface area contributed by atoms with Crippen molar-refractivity contribution in [2.75, 3.05) is 0 Å². The molecular formula is C7H2ClF3INO3. The number of nitrogens with one attached hydrogen (secondary N) is 1. The smallest absolute Gasteiger partial charge is 0.399 e. The van der Waals surface area contributed by atoms with E-state index in [0.717, 1.165) is 0 Å². The Bertz CT molecular complexity index is 485. The zero-order valence-electron chi connectivity index (χ0n) is 7.19. The van der Waals surface area contributed by atoms with Gasteiger partial charge in [0.05, 0.1) is 0 Å². The lowest BCUT2D eigenvalue weighted by Gasteiger charge is -2.09. The maximum Gasteiger partial charge on any atom is 0.573 e. The van der Waals surface area contributed by atoms with Crippen molar-refractivity contribution in [3.63, 3.8) is 0 Å². The van der Waals surface area contributed by atoms with E-state index in [1.807, 2.05) is 0 Å². The Labute approximate surface area is 105 Å². The molecule has 0 atom stereocenters. The topological polar surface area (TPSA) is 59.2 Å². The Kier molecular flexibility index (Phi) is 3.84. The normalized spacial score (nSPS) is 11.3. The standard InChI is InChI=1S/C7H2ClF3INO3/c8-5(15)2-1-3(14)4(6(12)13-2)16-7(9,10)11/h1H,(H,13,14). The number of carbonyl (C=O) groups is 1. The number of H-pyrrole nitrogens is 1. The first-order valence-corrected chi connectivity index (χ1v) is 5.05. The molecule has 1 aromatic rings. The van der Waals surface area contributed by atoms with E-state index in [1.54, 1.807) is 0 Å². The fraction of sp³-hybridized carbons (Fsp3) is 0.143. The highest BCUT2D eigenvalue weighted by molar-refractivity contribution is 14.1. The van der Waals surface area contributed by atoms with Gasteiger partial charge in [0.2, 0.25) is 11.2 Å². The monoisotopic (exact) mass is 367 g/mol. The predicted octanol–water partition coefficient (Wildman–Crippen LogP) is 2.26. The first-order chi connectivity index (χ1) is 7.20. The largest absolute Gasteiger partial charge is 0.573 e. The van der Waals surface area contributed by atoms with Crippen molar-refractivity contribution < 1.29 is 22.7 Å². The van der Waals surface area contributed by atoms with Crippen molar-refractivity contribution in [2.24, 2.45) is 0 Å². The van der Waals surface area contributed by atoms with E-state index < -0.39 is 22.8 Å². The summed E-state index contributed by atoms with van der Waals surface area (Å²) in [4.78, 5) is 24.1. The Morgan fingerprint density at radius 3 is 2.44 bits per heavy atom. The minimum absolute atomic E-state index is 0.258. The van der Waals surface area contributed by atoms with E-state index in [1.165, 1.54) is 22.6 Å². The molecule has 16 heavy (non-hydrogen) atoms. The highest BCUT2D eigenvalue weighted by Crippen LogP contribution is 2.23. The number of ether oxygens (including phenoxy) is 1. The summed E-state index contributed by atoms with van der Waals surface area (Å²) in [5, 5.41) is -0.978. The van der Waals surface area contributed by atoms with Crippen molar-refractivity contribution in [3.8, 4) is 5.75 Å². The maximum atomic E-state index is 11.9. The number of aromatic amines is 1. The van der Waals surface area contributed by atoms with Gasteiger partial charge in [-0.25, -0.2) is 0 Å². The molecule has 0 fully saturated rings. The summed E-state index contributed by atoms with van der Waals surface area (Å²) in [6.07, 6.45) is -4.97. The van der Waals surface area contributed by atoms with Gasteiger partial charge in [-0.1, -0.05) is 0 Å². The van der Waals surface area contributed by atoms with Gasteiger partial charge in [-0.2, -0.15) is 0 Å². The molecule has 0 aromatic carbocycles. The van der Waals surface area contributed by atoms with E-state index >= 15 is 0 Å². The van der Waals surface area contributed by atoms with Crippen LogP contribution in [-0.4, -0.2) is 16.6 Å². The number of pyridine rings is 1. The van der Waals surface area contributed by atoms with Crippen LogP contribution >= 0.6 is 34.2 Å². The summed E-state index contributed by atoms with van der Waals surface area (Å²) in [6.45, 7) is 0. The molecule has 0 spiro atoms. The molecular weight excluding hydrogens is 365 g/mol. The number of alkyl halides is 3. The number of carbonyl (C=O) groups excluding carboxylic acids is 1. The van der Waals surface area contributed by atoms with Crippen LogP contribution in [0.15, 0.2) is 10.9 Å². The number of hydrogen-bond donors (Lipinski definition) is 1. The summed E-state index contributed by atoms with van der Waals surface area (Å²) < 4.78 is 38.9. The average Bonchev–Trinajstić information content (AvgIpc) is 2.09. The molecule has 0 amide bonds.